The summed E-state index contributed by atoms with van der Waals surface area (Å²) in [6.45, 7) is 6.11. The number of nitrogens with one attached hydrogen (secondary N) is 3. The first-order valence-electron chi connectivity index (χ1n) is 9.70. The summed E-state index contributed by atoms with van der Waals surface area (Å²) in [7, 11) is -2.26. The third-order valence-electron chi connectivity index (χ3n) is 4.34. The van der Waals surface area contributed by atoms with Gasteiger partial charge in [-0.25, -0.2) is 28.1 Å². The van der Waals surface area contributed by atoms with Gasteiger partial charge in [-0.1, -0.05) is 6.07 Å². The first-order valence-corrected chi connectivity index (χ1v) is 11.2. The van der Waals surface area contributed by atoms with E-state index in [1.165, 1.54) is 7.11 Å². The topological polar surface area (TPSA) is 118 Å². The second-order valence-electron chi connectivity index (χ2n) is 7.01. The van der Waals surface area contributed by atoms with E-state index in [-0.39, 0.29) is 11.4 Å². The summed E-state index contributed by atoms with van der Waals surface area (Å²) < 4.78 is 33.1. The Hall–Kier alpha value is -3.24. The molecule has 0 aliphatic rings. The Morgan fingerprint density at radius 2 is 1.65 bits per heavy atom. The Labute approximate surface area is 182 Å². The summed E-state index contributed by atoms with van der Waals surface area (Å²) in [5.41, 5.74) is 1.91. The van der Waals surface area contributed by atoms with Gasteiger partial charge in [0.15, 0.2) is 0 Å². The van der Waals surface area contributed by atoms with Crippen LogP contribution in [0.5, 0.6) is 5.75 Å². The fourth-order valence-electron chi connectivity index (χ4n) is 2.91. The molecule has 0 saturated heterocycles. The molecule has 9 nitrogen and oxygen atoms in total. The van der Waals surface area contributed by atoms with Crippen LogP contribution in [-0.2, 0) is 10.0 Å². The molecule has 10 heteroatoms. The summed E-state index contributed by atoms with van der Waals surface area (Å²) >= 11 is 0. The molecule has 2 heterocycles. The van der Waals surface area contributed by atoms with Crippen molar-refractivity contribution >= 4 is 27.5 Å². The normalized spacial score (nSPS) is 11.2. The number of methoxy groups -OCH3 is 1. The number of sulfonamides is 1. The Balaban J connectivity index is 1.62. The molecule has 3 rings (SSSR count). The molecular weight excluding hydrogens is 416 g/mol. The highest BCUT2D eigenvalue weighted by Crippen LogP contribution is 2.24. The molecule has 0 atom stereocenters. The zero-order chi connectivity index (χ0) is 22.4. The van der Waals surface area contributed by atoms with E-state index in [4.69, 9.17) is 4.74 Å². The number of nitrogens with zero attached hydrogens (tertiary/aromatic N) is 3. The molecule has 0 aliphatic heterocycles. The lowest BCUT2D eigenvalue weighted by atomic mass is 10.2. The minimum absolute atomic E-state index is 0.116. The second-order valence-corrected chi connectivity index (χ2v) is 8.74. The van der Waals surface area contributed by atoms with Gasteiger partial charge in [-0.15, -0.1) is 0 Å². The highest BCUT2D eigenvalue weighted by Gasteiger charge is 2.19. The zero-order valence-electron chi connectivity index (χ0n) is 17.9. The minimum Gasteiger partial charge on any atom is -0.495 e. The number of benzene rings is 1. The maximum Gasteiger partial charge on any atom is 0.244 e. The Morgan fingerprint density at radius 3 is 2.39 bits per heavy atom. The standard InChI is InChI=1S/C21H26N6O3S/c1-14-5-6-17(30-4)18(11-14)31(28,29)24-10-9-23-20-13-21(26-16(3)25-20)27-19-12-15(2)7-8-22-19/h5-8,11-13,24H,9-10H2,1-4H3,(H2,22,23,25,26,27). The van der Waals surface area contributed by atoms with Crippen molar-refractivity contribution in [1.82, 2.24) is 19.7 Å². The fourth-order valence-corrected chi connectivity index (χ4v) is 4.19. The van der Waals surface area contributed by atoms with Crippen LogP contribution in [0.15, 0.2) is 47.5 Å². The molecule has 31 heavy (non-hydrogen) atoms. The molecule has 2 aromatic heterocycles. The molecule has 164 valence electrons. The van der Waals surface area contributed by atoms with Crippen LogP contribution in [0.25, 0.3) is 0 Å². The highest BCUT2D eigenvalue weighted by molar-refractivity contribution is 7.89. The average Bonchev–Trinajstić information content (AvgIpc) is 2.71. The van der Waals surface area contributed by atoms with Gasteiger partial charge in [0.25, 0.3) is 0 Å². The third kappa shape index (κ3) is 6.12. The van der Waals surface area contributed by atoms with Gasteiger partial charge in [-0.2, -0.15) is 0 Å². The predicted molar refractivity (Wildman–Crippen MR) is 120 cm³/mol. The minimum atomic E-state index is -3.71. The number of rotatable bonds is 9. The molecule has 0 bridgehead atoms. The quantitative estimate of drug-likeness (QED) is 0.433. The van der Waals surface area contributed by atoms with Gasteiger partial charge in [-0.3, -0.25) is 0 Å². The first-order chi connectivity index (χ1) is 14.8. The maximum absolute atomic E-state index is 12.7. The van der Waals surface area contributed by atoms with Crippen molar-refractivity contribution < 1.29 is 13.2 Å². The lowest BCUT2D eigenvalue weighted by molar-refractivity contribution is 0.402. The van der Waals surface area contributed by atoms with Crippen molar-refractivity contribution in [3.8, 4) is 5.75 Å². The van der Waals surface area contributed by atoms with Crippen LogP contribution in [0.2, 0.25) is 0 Å². The maximum atomic E-state index is 12.7. The number of hydrogen-bond donors (Lipinski definition) is 3. The van der Waals surface area contributed by atoms with Crippen molar-refractivity contribution in [1.29, 1.82) is 0 Å². The molecule has 0 saturated carbocycles. The lowest BCUT2D eigenvalue weighted by Crippen LogP contribution is -2.29. The van der Waals surface area contributed by atoms with E-state index in [0.29, 0.717) is 35.6 Å². The van der Waals surface area contributed by atoms with Crippen LogP contribution in [0, 0.1) is 20.8 Å². The fraction of sp³-hybridized carbons (Fsp3) is 0.286. The van der Waals surface area contributed by atoms with Crippen LogP contribution in [-0.4, -0.2) is 43.6 Å². The molecule has 0 aliphatic carbocycles. The predicted octanol–water partition coefficient (Wildman–Crippen LogP) is 2.94. The van der Waals surface area contributed by atoms with Crippen molar-refractivity contribution in [2.24, 2.45) is 0 Å². The number of hydrogen-bond acceptors (Lipinski definition) is 8. The molecule has 0 fully saturated rings. The lowest BCUT2D eigenvalue weighted by Gasteiger charge is -2.13. The van der Waals surface area contributed by atoms with Crippen LogP contribution >= 0.6 is 0 Å². The van der Waals surface area contributed by atoms with Crippen molar-refractivity contribution in [2.45, 2.75) is 25.7 Å². The van der Waals surface area contributed by atoms with Gasteiger partial charge in [0.1, 0.15) is 33.9 Å². The van der Waals surface area contributed by atoms with E-state index in [9.17, 15) is 8.42 Å². The van der Waals surface area contributed by atoms with E-state index in [0.717, 1.165) is 11.1 Å². The SMILES string of the molecule is COc1ccc(C)cc1S(=O)(=O)NCCNc1cc(Nc2cc(C)ccn2)nc(C)n1. The van der Waals surface area contributed by atoms with Crippen molar-refractivity contribution in [3.63, 3.8) is 0 Å². The largest absolute Gasteiger partial charge is 0.495 e. The van der Waals surface area contributed by atoms with Gasteiger partial charge in [0.05, 0.1) is 7.11 Å². The second kappa shape index (κ2) is 9.71. The monoisotopic (exact) mass is 442 g/mol. The Morgan fingerprint density at radius 1 is 0.903 bits per heavy atom. The molecule has 0 spiro atoms. The molecular formula is C21H26N6O3S. The van der Waals surface area contributed by atoms with Gasteiger partial charge in [-0.05, 0) is 56.2 Å². The first kappa shape index (κ1) is 22.4. The number of pyridine rings is 1. The average molecular weight is 443 g/mol. The molecule has 1 aromatic carbocycles. The van der Waals surface area contributed by atoms with E-state index in [2.05, 4.69) is 30.3 Å². The Kier molecular flexibility index (Phi) is 7.03. The van der Waals surface area contributed by atoms with Gasteiger partial charge in [0.2, 0.25) is 10.0 Å². The Bertz CT molecular complexity index is 1170. The van der Waals surface area contributed by atoms with E-state index >= 15 is 0 Å². The van der Waals surface area contributed by atoms with E-state index < -0.39 is 10.0 Å². The highest BCUT2D eigenvalue weighted by atomic mass is 32.2. The summed E-state index contributed by atoms with van der Waals surface area (Å²) in [5, 5.41) is 6.27. The zero-order valence-corrected chi connectivity index (χ0v) is 18.7. The summed E-state index contributed by atoms with van der Waals surface area (Å²) in [4.78, 5) is 13.1. The summed E-state index contributed by atoms with van der Waals surface area (Å²) in [6.07, 6.45) is 1.72. The molecule has 0 radical (unpaired) electrons. The molecule has 3 aromatic rings. The van der Waals surface area contributed by atoms with Crippen LogP contribution in [0.4, 0.5) is 17.5 Å². The number of aromatic nitrogens is 3. The number of ether oxygens (including phenoxy) is 1. The van der Waals surface area contributed by atoms with E-state index in [1.54, 1.807) is 37.4 Å². The summed E-state index contributed by atoms with van der Waals surface area (Å²) in [5.74, 6) is 2.74. The number of aryl methyl sites for hydroxylation is 3. The third-order valence-corrected chi connectivity index (χ3v) is 5.82. The van der Waals surface area contributed by atoms with E-state index in [1.807, 2.05) is 26.0 Å². The molecule has 3 N–H and O–H groups in total. The molecule has 0 amide bonds. The van der Waals surface area contributed by atoms with Crippen molar-refractivity contribution in [2.75, 3.05) is 30.8 Å². The smallest absolute Gasteiger partial charge is 0.244 e. The number of anilines is 3. The van der Waals surface area contributed by atoms with Crippen LogP contribution < -0.4 is 20.1 Å². The van der Waals surface area contributed by atoms with Crippen LogP contribution in [0.3, 0.4) is 0 Å². The molecule has 0 unspecified atom stereocenters. The van der Waals surface area contributed by atoms with Crippen molar-refractivity contribution in [3.05, 3.63) is 59.5 Å². The van der Waals surface area contributed by atoms with Gasteiger partial charge in [0, 0.05) is 25.4 Å². The van der Waals surface area contributed by atoms with Gasteiger partial charge >= 0.3 is 0 Å². The summed E-state index contributed by atoms with van der Waals surface area (Å²) in [6, 6.07) is 10.6. The van der Waals surface area contributed by atoms with Gasteiger partial charge < -0.3 is 15.4 Å². The van der Waals surface area contributed by atoms with Crippen LogP contribution in [0.1, 0.15) is 17.0 Å².